The molecule has 0 aromatic carbocycles. The third kappa shape index (κ3) is 4.96. The van der Waals surface area contributed by atoms with Crippen LogP contribution in [0, 0.1) is 12.3 Å². The molecule has 6 heteroatoms. The first kappa shape index (κ1) is 20.2. The van der Waals surface area contributed by atoms with E-state index in [1.54, 1.807) is 6.20 Å². The molecule has 26 heavy (non-hydrogen) atoms. The van der Waals surface area contributed by atoms with Crippen molar-refractivity contribution in [2.24, 2.45) is 0 Å². The third-order valence-corrected chi connectivity index (χ3v) is 4.51. The molecule has 2 fully saturated rings. The van der Waals surface area contributed by atoms with Crippen molar-refractivity contribution in [3.63, 3.8) is 0 Å². The van der Waals surface area contributed by atoms with Crippen LogP contribution in [0.2, 0.25) is 0 Å². The topological polar surface area (TPSA) is 73.6 Å². The molecule has 0 amide bonds. The van der Waals surface area contributed by atoms with Crippen molar-refractivity contribution in [1.82, 2.24) is 9.55 Å². The molecule has 2 unspecified atom stereocenters. The fourth-order valence-electron chi connectivity index (χ4n) is 3.17. The van der Waals surface area contributed by atoms with E-state index in [0.717, 1.165) is 12.8 Å². The number of aromatic nitrogens is 2. The second-order valence-electron chi connectivity index (χ2n) is 6.15. The quantitative estimate of drug-likeness (QED) is 0.646. The van der Waals surface area contributed by atoms with E-state index in [1.165, 1.54) is 23.0 Å². The Hall–Kier alpha value is -2.10. The number of allylic oxidation sites excluding steroid dienone is 1. The number of ether oxygens (including phenoxy) is 2. The average Bonchev–Trinajstić information content (AvgIpc) is 3.35. The van der Waals surface area contributed by atoms with Gasteiger partial charge in [-0.3, -0.25) is 4.57 Å². The molecular formula is C20H28N2O4. The maximum Gasteiger partial charge on any atom is 0.353 e. The molecule has 0 bridgehead atoms. The minimum Gasteiger partial charge on any atom is -0.472 e. The van der Waals surface area contributed by atoms with Gasteiger partial charge >= 0.3 is 5.69 Å². The molecule has 0 radical (unpaired) electrons. The molecule has 1 saturated carbocycles. The van der Waals surface area contributed by atoms with Crippen molar-refractivity contribution >= 4 is 0 Å². The summed E-state index contributed by atoms with van der Waals surface area (Å²) in [6.45, 7) is 4.31. The van der Waals surface area contributed by atoms with Crippen LogP contribution in [-0.4, -0.2) is 34.0 Å². The Morgan fingerprint density at radius 1 is 1.42 bits per heavy atom. The molecule has 6 nitrogen and oxygen atoms in total. The first-order valence-electron chi connectivity index (χ1n) is 9.38. The zero-order valence-electron chi connectivity index (χ0n) is 15.6. The minimum atomic E-state index is -0.457. The number of nitrogens with zero attached hydrogens (tertiary/aromatic N) is 2. The summed E-state index contributed by atoms with van der Waals surface area (Å²) in [4.78, 5) is 16.2. The highest BCUT2D eigenvalue weighted by Gasteiger charge is 2.27. The van der Waals surface area contributed by atoms with Gasteiger partial charge in [-0.05, 0) is 44.6 Å². The standard InChI is InChI=1S/C18H22N2O4.C2H6/c1-2-14-11-20(16-8-7-15(12-21)24-16)18(22)19-17(14)23-10-9-13-5-3-4-6-13;1-2/h1,9,11,15-16,21H,3-8,10,12H2;1-2H3. The van der Waals surface area contributed by atoms with Crippen molar-refractivity contribution in [3.05, 3.63) is 33.9 Å². The van der Waals surface area contributed by atoms with E-state index in [1.807, 2.05) is 19.9 Å². The van der Waals surface area contributed by atoms with Gasteiger partial charge in [-0.25, -0.2) is 4.79 Å². The summed E-state index contributed by atoms with van der Waals surface area (Å²) >= 11 is 0. The predicted molar refractivity (Wildman–Crippen MR) is 100 cm³/mol. The van der Waals surface area contributed by atoms with Crippen molar-refractivity contribution in [2.45, 2.75) is 64.7 Å². The number of aliphatic hydroxyl groups excluding tert-OH is 1. The Balaban J connectivity index is 0.00000117. The molecule has 2 atom stereocenters. The fourth-order valence-corrected chi connectivity index (χ4v) is 3.17. The molecule has 1 aromatic heterocycles. The number of terminal acetylenes is 1. The molecule has 1 aliphatic carbocycles. The van der Waals surface area contributed by atoms with Crippen LogP contribution in [-0.2, 0) is 4.74 Å². The summed E-state index contributed by atoms with van der Waals surface area (Å²) < 4.78 is 12.6. The van der Waals surface area contributed by atoms with E-state index in [-0.39, 0.29) is 18.6 Å². The van der Waals surface area contributed by atoms with Crippen molar-refractivity contribution in [2.75, 3.05) is 13.2 Å². The molecule has 1 aromatic rings. The highest BCUT2D eigenvalue weighted by Crippen LogP contribution is 2.27. The second kappa shape index (κ2) is 10.1. The van der Waals surface area contributed by atoms with Gasteiger partial charge in [-0.1, -0.05) is 25.3 Å². The van der Waals surface area contributed by atoms with Crippen molar-refractivity contribution in [3.8, 4) is 18.2 Å². The van der Waals surface area contributed by atoms with Gasteiger partial charge in [0.1, 0.15) is 18.4 Å². The van der Waals surface area contributed by atoms with Crippen LogP contribution in [0.1, 0.15) is 64.2 Å². The van der Waals surface area contributed by atoms with Gasteiger partial charge in [-0.2, -0.15) is 4.98 Å². The molecule has 0 spiro atoms. The van der Waals surface area contributed by atoms with Crippen LogP contribution in [0.4, 0.5) is 0 Å². The van der Waals surface area contributed by atoms with Crippen LogP contribution in [0.5, 0.6) is 5.88 Å². The fraction of sp³-hybridized carbons (Fsp3) is 0.600. The van der Waals surface area contributed by atoms with E-state index >= 15 is 0 Å². The number of hydrogen-bond donors (Lipinski definition) is 1. The van der Waals surface area contributed by atoms with E-state index in [4.69, 9.17) is 21.0 Å². The smallest absolute Gasteiger partial charge is 0.353 e. The zero-order valence-corrected chi connectivity index (χ0v) is 15.6. The minimum absolute atomic E-state index is 0.0590. The lowest BCUT2D eigenvalue weighted by atomic mass is 10.2. The summed E-state index contributed by atoms with van der Waals surface area (Å²) in [6, 6.07) is 0. The van der Waals surface area contributed by atoms with Crippen LogP contribution in [0.15, 0.2) is 22.6 Å². The first-order valence-corrected chi connectivity index (χ1v) is 9.38. The summed E-state index contributed by atoms with van der Waals surface area (Å²) in [7, 11) is 0. The highest BCUT2D eigenvalue weighted by molar-refractivity contribution is 5.38. The average molecular weight is 360 g/mol. The van der Waals surface area contributed by atoms with E-state index in [0.29, 0.717) is 25.0 Å². The Kier molecular flexibility index (Phi) is 7.89. The molecule has 2 heterocycles. The number of rotatable bonds is 5. The van der Waals surface area contributed by atoms with Gasteiger partial charge in [0.25, 0.3) is 0 Å². The Morgan fingerprint density at radius 2 is 2.15 bits per heavy atom. The maximum atomic E-state index is 12.3. The van der Waals surface area contributed by atoms with Crippen LogP contribution in [0.3, 0.4) is 0 Å². The van der Waals surface area contributed by atoms with Gasteiger partial charge in [-0.15, -0.1) is 6.42 Å². The largest absolute Gasteiger partial charge is 0.472 e. The molecule has 2 aliphatic rings. The number of aliphatic hydroxyl groups is 1. The van der Waals surface area contributed by atoms with Gasteiger partial charge in [0, 0.05) is 6.20 Å². The van der Waals surface area contributed by atoms with Gasteiger partial charge in [0.05, 0.1) is 12.7 Å². The molecule has 142 valence electrons. The summed E-state index contributed by atoms with van der Waals surface area (Å²) in [5, 5.41) is 9.15. The lowest BCUT2D eigenvalue weighted by Crippen LogP contribution is -2.28. The summed E-state index contributed by atoms with van der Waals surface area (Å²) in [5.74, 6) is 2.70. The Morgan fingerprint density at radius 3 is 2.77 bits per heavy atom. The van der Waals surface area contributed by atoms with Crippen molar-refractivity contribution < 1.29 is 14.6 Å². The molecule has 1 N–H and O–H groups in total. The zero-order chi connectivity index (χ0) is 18.9. The SMILES string of the molecule is C#Cc1cn(C2CCC(CO)O2)c(=O)nc1OCC=C1CCCC1.CC. The van der Waals surface area contributed by atoms with E-state index in [2.05, 4.69) is 10.9 Å². The summed E-state index contributed by atoms with van der Waals surface area (Å²) in [6.07, 6.45) is 14.5. The Labute approximate surface area is 154 Å². The van der Waals surface area contributed by atoms with Crippen LogP contribution >= 0.6 is 0 Å². The summed E-state index contributed by atoms with van der Waals surface area (Å²) in [5.41, 5.74) is 1.36. The van der Waals surface area contributed by atoms with E-state index < -0.39 is 11.9 Å². The van der Waals surface area contributed by atoms with Crippen LogP contribution in [0.25, 0.3) is 0 Å². The normalized spacial score (nSPS) is 21.7. The van der Waals surface area contributed by atoms with Gasteiger partial charge < -0.3 is 14.6 Å². The predicted octanol–water partition coefficient (Wildman–Crippen LogP) is 2.80. The molecule has 1 aliphatic heterocycles. The van der Waals surface area contributed by atoms with Crippen LogP contribution < -0.4 is 10.4 Å². The third-order valence-electron chi connectivity index (χ3n) is 4.51. The van der Waals surface area contributed by atoms with Crippen molar-refractivity contribution in [1.29, 1.82) is 0 Å². The molecular weight excluding hydrogens is 332 g/mol. The molecule has 3 rings (SSSR count). The lowest BCUT2D eigenvalue weighted by molar-refractivity contribution is -0.0247. The number of hydrogen-bond acceptors (Lipinski definition) is 5. The monoisotopic (exact) mass is 360 g/mol. The van der Waals surface area contributed by atoms with E-state index in [9.17, 15) is 4.79 Å². The second-order valence-corrected chi connectivity index (χ2v) is 6.15. The Bertz CT molecular complexity index is 710. The first-order chi connectivity index (χ1) is 12.7. The maximum absolute atomic E-state index is 12.3. The highest BCUT2D eigenvalue weighted by atomic mass is 16.5. The lowest BCUT2D eigenvalue weighted by Gasteiger charge is -2.16. The van der Waals surface area contributed by atoms with Gasteiger partial charge in [0.15, 0.2) is 0 Å². The molecule has 1 saturated heterocycles. The van der Waals surface area contributed by atoms with Gasteiger partial charge in [0.2, 0.25) is 5.88 Å².